The van der Waals surface area contributed by atoms with Crippen molar-refractivity contribution in [1.82, 2.24) is 20.1 Å². The lowest BCUT2D eigenvalue weighted by atomic mass is 10.1. The van der Waals surface area contributed by atoms with Crippen LogP contribution in [-0.2, 0) is 11.8 Å². The summed E-state index contributed by atoms with van der Waals surface area (Å²) in [6.45, 7) is 3.82. The Kier molecular flexibility index (Phi) is 3.96. The van der Waals surface area contributed by atoms with E-state index in [1.807, 2.05) is 19.2 Å². The second kappa shape index (κ2) is 5.50. The average Bonchev–Trinajstić information content (AvgIpc) is 2.97. The van der Waals surface area contributed by atoms with Gasteiger partial charge in [0.15, 0.2) is 0 Å². The molecule has 0 aliphatic rings. The van der Waals surface area contributed by atoms with E-state index in [1.165, 1.54) is 11.3 Å². The second-order valence-electron chi connectivity index (χ2n) is 4.48. The quantitative estimate of drug-likeness (QED) is 0.876. The number of rotatable bonds is 4. The monoisotopic (exact) mass is 279 g/mol. The zero-order valence-corrected chi connectivity index (χ0v) is 11.9. The lowest BCUT2D eigenvalue weighted by molar-refractivity contribution is -0.123. The number of aryl methyl sites for hydroxylation is 2. The van der Waals surface area contributed by atoms with Crippen LogP contribution in [0, 0.1) is 6.92 Å². The van der Waals surface area contributed by atoms with Gasteiger partial charge in [-0.05, 0) is 13.8 Å². The molecule has 3 N–H and O–H groups in total. The lowest BCUT2D eigenvalue weighted by Crippen LogP contribution is -2.35. The minimum Gasteiger partial charge on any atom is -0.345 e. The van der Waals surface area contributed by atoms with E-state index in [4.69, 9.17) is 5.73 Å². The van der Waals surface area contributed by atoms with Crippen LogP contribution < -0.4 is 11.1 Å². The van der Waals surface area contributed by atoms with Crippen LogP contribution in [0.5, 0.6) is 0 Å². The second-order valence-corrected chi connectivity index (χ2v) is 5.37. The van der Waals surface area contributed by atoms with Crippen LogP contribution in [0.4, 0.5) is 0 Å². The molecule has 0 radical (unpaired) electrons. The molecule has 0 spiro atoms. The van der Waals surface area contributed by atoms with E-state index in [9.17, 15) is 4.79 Å². The fraction of sp³-hybridized carbons (Fsp3) is 0.417. The Labute approximate surface area is 115 Å². The molecule has 0 aromatic carbocycles. The Morgan fingerprint density at radius 2 is 2.32 bits per heavy atom. The van der Waals surface area contributed by atoms with Gasteiger partial charge in [-0.15, -0.1) is 11.3 Å². The maximum absolute atomic E-state index is 12.0. The van der Waals surface area contributed by atoms with Crippen molar-refractivity contribution in [2.45, 2.75) is 25.9 Å². The minimum absolute atomic E-state index is 0.145. The van der Waals surface area contributed by atoms with E-state index >= 15 is 0 Å². The highest BCUT2D eigenvalue weighted by molar-refractivity contribution is 7.09. The molecule has 0 aliphatic heterocycles. The Bertz CT molecular complexity index is 576. The smallest absolute Gasteiger partial charge is 0.242 e. The highest BCUT2D eigenvalue weighted by Gasteiger charge is 2.20. The first-order valence-electron chi connectivity index (χ1n) is 5.94. The zero-order valence-electron chi connectivity index (χ0n) is 11.1. The highest BCUT2D eigenvalue weighted by Crippen LogP contribution is 2.18. The van der Waals surface area contributed by atoms with Crippen molar-refractivity contribution >= 4 is 17.2 Å². The Morgan fingerprint density at radius 1 is 1.58 bits per heavy atom. The molecule has 2 aromatic rings. The number of nitrogens with one attached hydrogen (secondary N) is 1. The first-order chi connectivity index (χ1) is 8.97. The van der Waals surface area contributed by atoms with Gasteiger partial charge in [-0.2, -0.15) is 5.10 Å². The summed E-state index contributed by atoms with van der Waals surface area (Å²) in [6.07, 6.45) is 3.34. The van der Waals surface area contributed by atoms with Crippen LogP contribution in [-0.4, -0.2) is 20.7 Å². The number of carbonyl (C=O) groups excluding carboxylic acids is 1. The molecular formula is C12H17N5OS. The number of amides is 1. The fourth-order valence-corrected chi connectivity index (χ4v) is 2.49. The standard InChI is InChI=1S/C12H17N5OS/c1-7-6-19-12(15-7)8(2)16-11(18)10(13)9-4-14-17(3)5-9/h4-6,8,10H,13H2,1-3H3,(H,16,18). The van der Waals surface area contributed by atoms with Crippen molar-refractivity contribution in [1.29, 1.82) is 0 Å². The predicted molar refractivity (Wildman–Crippen MR) is 73.5 cm³/mol. The molecule has 102 valence electrons. The number of thiazole rings is 1. The van der Waals surface area contributed by atoms with Crippen molar-refractivity contribution in [3.63, 3.8) is 0 Å². The third-order valence-corrected chi connectivity index (χ3v) is 3.88. The third kappa shape index (κ3) is 3.18. The van der Waals surface area contributed by atoms with Crippen molar-refractivity contribution in [2.24, 2.45) is 12.8 Å². The van der Waals surface area contributed by atoms with Crippen LogP contribution in [0.2, 0.25) is 0 Å². The average molecular weight is 279 g/mol. The van der Waals surface area contributed by atoms with E-state index in [0.29, 0.717) is 5.56 Å². The van der Waals surface area contributed by atoms with E-state index in [0.717, 1.165) is 10.7 Å². The van der Waals surface area contributed by atoms with Crippen molar-refractivity contribution < 1.29 is 4.79 Å². The molecule has 0 aliphatic carbocycles. The number of nitrogens with two attached hydrogens (primary N) is 1. The summed E-state index contributed by atoms with van der Waals surface area (Å²) in [5, 5.41) is 9.71. The summed E-state index contributed by atoms with van der Waals surface area (Å²) < 4.78 is 1.62. The van der Waals surface area contributed by atoms with Gasteiger partial charge in [0, 0.05) is 29.9 Å². The lowest BCUT2D eigenvalue weighted by Gasteiger charge is -2.15. The van der Waals surface area contributed by atoms with E-state index in [-0.39, 0.29) is 11.9 Å². The summed E-state index contributed by atoms with van der Waals surface area (Å²) in [5.41, 5.74) is 7.55. The molecule has 1 amide bonds. The van der Waals surface area contributed by atoms with Crippen LogP contribution in [0.3, 0.4) is 0 Å². The van der Waals surface area contributed by atoms with Crippen molar-refractivity contribution in [3.05, 3.63) is 34.0 Å². The first-order valence-corrected chi connectivity index (χ1v) is 6.82. The van der Waals surface area contributed by atoms with Crippen molar-refractivity contribution in [3.8, 4) is 0 Å². The number of carbonyl (C=O) groups is 1. The molecular weight excluding hydrogens is 262 g/mol. The van der Waals surface area contributed by atoms with E-state index in [1.54, 1.807) is 24.1 Å². The number of aromatic nitrogens is 3. The molecule has 2 rings (SSSR count). The van der Waals surface area contributed by atoms with Gasteiger partial charge in [0.25, 0.3) is 0 Å². The fourth-order valence-electron chi connectivity index (χ4n) is 1.69. The van der Waals surface area contributed by atoms with Gasteiger partial charge in [-0.25, -0.2) is 4.98 Å². The van der Waals surface area contributed by atoms with Gasteiger partial charge < -0.3 is 11.1 Å². The summed E-state index contributed by atoms with van der Waals surface area (Å²) in [7, 11) is 1.79. The summed E-state index contributed by atoms with van der Waals surface area (Å²) in [6, 6.07) is -0.855. The molecule has 7 heteroatoms. The molecule has 0 fully saturated rings. The SMILES string of the molecule is Cc1csc(C(C)NC(=O)C(N)c2cnn(C)c2)n1. The van der Waals surface area contributed by atoms with Gasteiger partial charge in [0.1, 0.15) is 11.0 Å². The normalized spacial score (nSPS) is 14.1. The molecule has 19 heavy (non-hydrogen) atoms. The van der Waals surface area contributed by atoms with Crippen molar-refractivity contribution in [2.75, 3.05) is 0 Å². The van der Waals surface area contributed by atoms with Gasteiger partial charge in [0.05, 0.1) is 12.2 Å². The Hall–Kier alpha value is -1.73. The highest BCUT2D eigenvalue weighted by atomic mass is 32.1. The van der Waals surface area contributed by atoms with Gasteiger partial charge >= 0.3 is 0 Å². The summed E-state index contributed by atoms with van der Waals surface area (Å²) >= 11 is 1.53. The Balaban J connectivity index is 2.01. The molecule has 2 unspecified atom stereocenters. The number of nitrogens with zero attached hydrogens (tertiary/aromatic N) is 3. The largest absolute Gasteiger partial charge is 0.345 e. The van der Waals surface area contributed by atoms with Crippen LogP contribution in [0.1, 0.15) is 35.3 Å². The van der Waals surface area contributed by atoms with E-state index < -0.39 is 6.04 Å². The van der Waals surface area contributed by atoms with Gasteiger partial charge in [-0.1, -0.05) is 0 Å². The topological polar surface area (TPSA) is 85.8 Å². The maximum Gasteiger partial charge on any atom is 0.242 e. The zero-order chi connectivity index (χ0) is 14.0. The van der Waals surface area contributed by atoms with Crippen LogP contribution >= 0.6 is 11.3 Å². The molecule has 2 atom stereocenters. The molecule has 0 saturated heterocycles. The van der Waals surface area contributed by atoms with E-state index in [2.05, 4.69) is 15.4 Å². The maximum atomic E-state index is 12.0. The third-order valence-electron chi connectivity index (χ3n) is 2.73. The summed E-state index contributed by atoms with van der Waals surface area (Å²) in [5.74, 6) is -0.228. The molecule has 6 nitrogen and oxygen atoms in total. The first kappa shape index (κ1) is 13.7. The summed E-state index contributed by atoms with van der Waals surface area (Å²) in [4.78, 5) is 16.4. The van der Waals surface area contributed by atoms with Crippen LogP contribution in [0.25, 0.3) is 0 Å². The molecule has 0 saturated carbocycles. The minimum atomic E-state index is -0.711. The predicted octanol–water partition coefficient (Wildman–Crippen LogP) is 1.06. The van der Waals surface area contributed by atoms with Crippen LogP contribution in [0.15, 0.2) is 17.8 Å². The number of hydrogen-bond donors (Lipinski definition) is 2. The van der Waals surface area contributed by atoms with Gasteiger partial charge in [-0.3, -0.25) is 9.48 Å². The number of hydrogen-bond acceptors (Lipinski definition) is 5. The van der Waals surface area contributed by atoms with Gasteiger partial charge in [0.2, 0.25) is 5.91 Å². The molecule has 2 aromatic heterocycles. The molecule has 2 heterocycles. The Morgan fingerprint density at radius 3 is 2.84 bits per heavy atom. The molecule has 0 bridgehead atoms.